The van der Waals surface area contributed by atoms with Crippen LogP contribution in [-0.2, 0) is 0 Å². The summed E-state index contributed by atoms with van der Waals surface area (Å²) in [5, 5.41) is 3.67. The molecule has 0 amide bonds. The molecule has 0 heterocycles. The molecule has 2 atom stereocenters. The summed E-state index contributed by atoms with van der Waals surface area (Å²) in [6, 6.07) is 0.821. The van der Waals surface area contributed by atoms with Gasteiger partial charge in [-0.1, -0.05) is 6.92 Å². The Labute approximate surface area is 120 Å². The van der Waals surface area contributed by atoms with Crippen molar-refractivity contribution in [1.82, 2.24) is 15.1 Å². The van der Waals surface area contributed by atoms with E-state index >= 15 is 0 Å². The normalized spacial score (nSPS) is 24.0. The van der Waals surface area contributed by atoms with E-state index in [1.165, 1.54) is 45.4 Å². The Balaban J connectivity index is 2.31. The average Bonchev–Trinajstić information content (AvgIpc) is 2.24. The lowest BCUT2D eigenvalue weighted by molar-refractivity contribution is 0.0599. The average molecular weight is 269 g/mol. The summed E-state index contributed by atoms with van der Waals surface area (Å²) in [5.74, 6) is 0.860. The summed E-state index contributed by atoms with van der Waals surface area (Å²) in [4.78, 5) is 4.98. The van der Waals surface area contributed by atoms with Crippen molar-refractivity contribution in [2.45, 2.75) is 58.5 Å². The molecule has 1 saturated carbocycles. The number of nitrogens with one attached hydrogen (secondary N) is 1. The third-order valence-electron chi connectivity index (χ3n) is 4.20. The summed E-state index contributed by atoms with van der Waals surface area (Å²) >= 11 is 0. The van der Waals surface area contributed by atoms with Crippen LogP contribution in [0.4, 0.5) is 0 Å². The third kappa shape index (κ3) is 6.24. The quantitative estimate of drug-likeness (QED) is 0.730. The van der Waals surface area contributed by atoms with Crippen LogP contribution in [0.25, 0.3) is 0 Å². The van der Waals surface area contributed by atoms with Crippen LogP contribution in [-0.4, -0.2) is 61.7 Å². The van der Waals surface area contributed by atoms with Crippen molar-refractivity contribution >= 4 is 0 Å². The van der Waals surface area contributed by atoms with Crippen LogP contribution in [0.3, 0.4) is 0 Å². The van der Waals surface area contributed by atoms with E-state index in [1.807, 2.05) is 0 Å². The number of nitrogens with zero attached hydrogens (tertiary/aromatic N) is 2. The number of hydrogen-bond donors (Lipinski definition) is 1. The van der Waals surface area contributed by atoms with Gasteiger partial charge in [-0.25, -0.2) is 0 Å². The summed E-state index contributed by atoms with van der Waals surface area (Å²) in [6.07, 6.45) is 4.08. The molecule has 0 radical (unpaired) electrons. The van der Waals surface area contributed by atoms with Crippen LogP contribution in [0, 0.1) is 5.92 Å². The molecule has 1 rings (SSSR count). The molecular weight excluding hydrogens is 234 g/mol. The largest absolute Gasteiger partial charge is 0.312 e. The maximum absolute atomic E-state index is 3.67. The van der Waals surface area contributed by atoms with Crippen molar-refractivity contribution in [2.24, 2.45) is 5.92 Å². The van der Waals surface area contributed by atoms with Crippen LogP contribution < -0.4 is 5.32 Å². The zero-order chi connectivity index (χ0) is 14.5. The highest BCUT2D eigenvalue weighted by Crippen LogP contribution is 2.32. The lowest BCUT2D eigenvalue weighted by atomic mass is 9.78. The van der Waals surface area contributed by atoms with Gasteiger partial charge in [0.05, 0.1) is 0 Å². The molecule has 19 heavy (non-hydrogen) atoms. The molecule has 114 valence electrons. The van der Waals surface area contributed by atoms with Gasteiger partial charge in [-0.15, -0.1) is 0 Å². The minimum atomic E-state index is 0.252. The van der Waals surface area contributed by atoms with Crippen molar-refractivity contribution < 1.29 is 0 Å². The van der Waals surface area contributed by atoms with Gasteiger partial charge in [-0.3, -0.25) is 0 Å². The van der Waals surface area contributed by atoms with E-state index in [4.69, 9.17) is 0 Å². The Morgan fingerprint density at radius 2 is 1.79 bits per heavy atom. The van der Waals surface area contributed by atoms with Gasteiger partial charge in [-0.2, -0.15) is 0 Å². The van der Waals surface area contributed by atoms with Crippen LogP contribution in [0.1, 0.15) is 47.0 Å². The highest BCUT2D eigenvalue weighted by atomic mass is 15.2. The first kappa shape index (κ1) is 16.9. The maximum Gasteiger partial charge on any atom is 0.0136 e. The van der Waals surface area contributed by atoms with Crippen molar-refractivity contribution in [3.63, 3.8) is 0 Å². The smallest absolute Gasteiger partial charge is 0.0136 e. The Bertz CT molecular complexity index is 245. The number of rotatable bonds is 8. The van der Waals surface area contributed by atoms with Crippen LogP contribution in [0.5, 0.6) is 0 Å². The maximum atomic E-state index is 3.67. The summed E-state index contributed by atoms with van der Waals surface area (Å²) in [5.41, 5.74) is 0.252. The molecule has 1 aliphatic carbocycles. The molecule has 0 spiro atoms. The lowest BCUT2D eigenvalue weighted by Crippen LogP contribution is -2.53. The molecule has 1 fully saturated rings. The third-order valence-corrected chi connectivity index (χ3v) is 4.20. The second-order valence-electron chi connectivity index (χ2n) is 7.32. The summed E-state index contributed by atoms with van der Waals surface area (Å²) < 4.78 is 0. The fourth-order valence-electron chi connectivity index (χ4n) is 2.86. The van der Waals surface area contributed by atoms with Gasteiger partial charge in [0.1, 0.15) is 0 Å². The SMILES string of the molecule is CCN(CCCN(C)C)C1CCC1CNC(C)(C)C. The van der Waals surface area contributed by atoms with Gasteiger partial charge in [0.2, 0.25) is 0 Å². The predicted molar refractivity (Wildman–Crippen MR) is 84.7 cm³/mol. The molecule has 0 aromatic rings. The molecule has 1 aliphatic rings. The number of hydrogen-bond acceptors (Lipinski definition) is 3. The minimum Gasteiger partial charge on any atom is -0.312 e. The molecule has 0 aromatic carbocycles. The van der Waals surface area contributed by atoms with Crippen LogP contribution >= 0.6 is 0 Å². The van der Waals surface area contributed by atoms with Gasteiger partial charge >= 0.3 is 0 Å². The predicted octanol–water partition coefficient (Wildman–Crippen LogP) is 2.43. The van der Waals surface area contributed by atoms with Crippen molar-refractivity contribution in [1.29, 1.82) is 0 Å². The zero-order valence-corrected chi connectivity index (χ0v) is 14.0. The zero-order valence-electron chi connectivity index (χ0n) is 14.0. The fraction of sp³-hybridized carbons (Fsp3) is 1.00. The van der Waals surface area contributed by atoms with E-state index < -0.39 is 0 Å². The van der Waals surface area contributed by atoms with Gasteiger partial charge < -0.3 is 15.1 Å². The van der Waals surface area contributed by atoms with Crippen LogP contribution in [0.2, 0.25) is 0 Å². The van der Waals surface area contributed by atoms with E-state index in [0.29, 0.717) is 0 Å². The highest BCUT2D eigenvalue weighted by molar-refractivity contribution is 4.91. The molecule has 2 unspecified atom stereocenters. The van der Waals surface area contributed by atoms with E-state index in [0.717, 1.165) is 12.0 Å². The first-order chi connectivity index (χ1) is 8.83. The molecule has 0 saturated heterocycles. The highest BCUT2D eigenvalue weighted by Gasteiger charge is 2.34. The Morgan fingerprint density at radius 3 is 2.21 bits per heavy atom. The second-order valence-corrected chi connectivity index (χ2v) is 7.32. The van der Waals surface area contributed by atoms with Crippen molar-refractivity contribution in [3.8, 4) is 0 Å². The first-order valence-electron chi connectivity index (χ1n) is 7.97. The topological polar surface area (TPSA) is 18.5 Å². The minimum absolute atomic E-state index is 0.252. The molecular formula is C16H35N3. The Morgan fingerprint density at radius 1 is 1.11 bits per heavy atom. The van der Waals surface area contributed by atoms with Gasteiger partial charge in [0.25, 0.3) is 0 Å². The Kier molecular flexibility index (Phi) is 6.78. The monoisotopic (exact) mass is 269 g/mol. The molecule has 1 N–H and O–H groups in total. The van der Waals surface area contributed by atoms with Gasteiger partial charge in [-0.05, 0) is 86.2 Å². The van der Waals surface area contributed by atoms with E-state index in [1.54, 1.807) is 0 Å². The van der Waals surface area contributed by atoms with E-state index in [2.05, 4.69) is 56.9 Å². The standard InChI is InChI=1S/C16H35N3/c1-7-19(12-8-11-18(5)6)15-10-9-14(15)13-17-16(2,3)4/h14-15,17H,7-13H2,1-6H3. The van der Waals surface area contributed by atoms with Crippen molar-refractivity contribution in [2.75, 3.05) is 40.3 Å². The Hall–Kier alpha value is -0.120. The summed E-state index contributed by atoms with van der Waals surface area (Å²) in [6.45, 7) is 13.9. The van der Waals surface area contributed by atoms with E-state index in [9.17, 15) is 0 Å². The second kappa shape index (κ2) is 7.61. The van der Waals surface area contributed by atoms with Crippen molar-refractivity contribution in [3.05, 3.63) is 0 Å². The van der Waals surface area contributed by atoms with E-state index in [-0.39, 0.29) is 5.54 Å². The molecule has 0 bridgehead atoms. The molecule has 3 nitrogen and oxygen atoms in total. The fourth-order valence-corrected chi connectivity index (χ4v) is 2.86. The first-order valence-corrected chi connectivity index (χ1v) is 7.97. The molecule has 0 aromatic heterocycles. The lowest BCUT2D eigenvalue weighted by Gasteiger charge is -2.45. The molecule has 3 heteroatoms. The summed E-state index contributed by atoms with van der Waals surface area (Å²) in [7, 11) is 4.32. The van der Waals surface area contributed by atoms with Gasteiger partial charge in [0, 0.05) is 11.6 Å². The van der Waals surface area contributed by atoms with Crippen LogP contribution in [0.15, 0.2) is 0 Å². The molecule has 0 aliphatic heterocycles. The van der Waals surface area contributed by atoms with Gasteiger partial charge in [0.15, 0.2) is 0 Å².